The molecule has 3 heterocycles. The van der Waals surface area contributed by atoms with Crippen molar-refractivity contribution in [2.45, 2.75) is 0 Å². The predicted octanol–water partition coefficient (Wildman–Crippen LogP) is 3.03. The summed E-state index contributed by atoms with van der Waals surface area (Å²) in [6.45, 7) is 2.55. The summed E-state index contributed by atoms with van der Waals surface area (Å²) in [6.07, 6.45) is 4.00. The molecule has 2 fully saturated rings. The van der Waals surface area contributed by atoms with Crippen molar-refractivity contribution in [1.82, 2.24) is 14.9 Å². The number of methoxy groups -OCH3 is 1. The molecule has 0 bridgehead atoms. The summed E-state index contributed by atoms with van der Waals surface area (Å²) in [5, 5.41) is 11.7. The van der Waals surface area contributed by atoms with Crippen LogP contribution in [0.3, 0.4) is 0 Å². The molecule has 10 heteroatoms. The summed E-state index contributed by atoms with van der Waals surface area (Å²) in [4.78, 5) is 26.3. The van der Waals surface area contributed by atoms with E-state index in [2.05, 4.69) is 20.4 Å². The van der Waals surface area contributed by atoms with Crippen LogP contribution in [0, 0.1) is 23.1 Å². The molecule has 2 unspecified atom stereocenters. The van der Waals surface area contributed by atoms with Gasteiger partial charge in [-0.25, -0.2) is 14.4 Å². The van der Waals surface area contributed by atoms with Crippen molar-refractivity contribution < 1.29 is 13.9 Å². The summed E-state index contributed by atoms with van der Waals surface area (Å²) < 4.78 is 20.0. The number of ether oxygens (including phenoxy) is 1. The molecular formula is C24H24FN7O2. The van der Waals surface area contributed by atoms with E-state index in [9.17, 15) is 9.18 Å². The average Bonchev–Trinajstić information content (AvgIpc) is 3.43. The molecule has 0 spiro atoms. The van der Waals surface area contributed by atoms with Gasteiger partial charge in [0.05, 0.1) is 29.9 Å². The Kier molecular flexibility index (Phi) is 5.79. The van der Waals surface area contributed by atoms with Gasteiger partial charge >= 0.3 is 0 Å². The van der Waals surface area contributed by atoms with E-state index in [1.165, 1.54) is 18.3 Å². The van der Waals surface area contributed by atoms with Crippen LogP contribution in [0.4, 0.5) is 16.0 Å². The lowest BCUT2D eigenvalue weighted by molar-refractivity contribution is 0.0779. The lowest BCUT2D eigenvalue weighted by Gasteiger charge is -2.23. The summed E-state index contributed by atoms with van der Waals surface area (Å²) in [5.74, 6) is 0.958. The highest BCUT2D eigenvalue weighted by Gasteiger charge is 2.43. The summed E-state index contributed by atoms with van der Waals surface area (Å²) >= 11 is 0. The van der Waals surface area contributed by atoms with Gasteiger partial charge < -0.3 is 19.9 Å². The number of fused-ring (bicyclic) bond motifs is 2. The third-order valence-corrected chi connectivity index (χ3v) is 6.41. The summed E-state index contributed by atoms with van der Waals surface area (Å²) in [6, 6.07) is 10.1. The molecule has 0 aliphatic carbocycles. The number of amides is 1. The van der Waals surface area contributed by atoms with Gasteiger partial charge in [-0.05, 0) is 24.3 Å². The zero-order valence-electron chi connectivity index (χ0n) is 18.6. The Hall–Kier alpha value is -4.08. The molecule has 0 saturated carbocycles. The first-order valence-corrected chi connectivity index (χ1v) is 11.0. The fourth-order valence-corrected chi connectivity index (χ4v) is 4.81. The van der Waals surface area contributed by atoms with Gasteiger partial charge in [-0.1, -0.05) is 12.1 Å². The van der Waals surface area contributed by atoms with Crippen LogP contribution in [0.1, 0.15) is 10.4 Å². The molecule has 5 rings (SSSR count). The van der Waals surface area contributed by atoms with Crippen LogP contribution in [0.2, 0.25) is 0 Å². The number of carbonyl (C=O) groups is 1. The van der Waals surface area contributed by atoms with E-state index in [1.807, 2.05) is 18.2 Å². The number of hydrogen-bond donors (Lipinski definition) is 2. The molecule has 2 aliphatic heterocycles. The first-order chi connectivity index (χ1) is 16.6. The molecule has 2 N–H and O–H groups in total. The largest absolute Gasteiger partial charge is 0.496 e. The molecule has 2 atom stereocenters. The number of anilines is 2. The van der Waals surface area contributed by atoms with E-state index >= 15 is 0 Å². The molecule has 1 amide bonds. The number of halogens is 1. The predicted molar refractivity (Wildman–Crippen MR) is 128 cm³/mol. The number of hydrogen-bond acceptors (Lipinski definition) is 8. The third kappa shape index (κ3) is 3.91. The lowest BCUT2D eigenvalue weighted by Crippen LogP contribution is -2.34. The Bertz CT molecular complexity index is 1270. The lowest BCUT2D eigenvalue weighted by atomic mass is 10.0. The standard InChI is InChI=1S/C24H24FN7O2/c1-34-21-7-3-5-19-17(21)10-27-24(29-19)32-13-15-11-31(12-16(15)14-32)23(33)22-18(25)4-2-6-20(22)30-28-9-8-26/h2-10,15-16,26,30H,11-14H2,1H3/b26-8?,28-9-. The third-order valence-electron chi connectivity index (χ3n) is 6.41. The smallest absolute Gasteiger partial charge is 0.259 e. The number of rotatable bonds is 6. The van der Waals surface area contributed by atoms with Gasteiger partial charge in [0.2, 0.25) is 5.95 Å². The quantitative estimate of drug-likeness (QED) is 0.432. The highest BCUT2D eigenvalue weighted by molar-refractivity contribution is 6.14. The van der Waals surface area contributed by atoms with E-state index in [1.54, 1.807) is 24.3 Å². The molecular weight excluding hydrogens is 437 g/mol. The molecule has 2 aliphatic rings. The van der Waals surface area contributed by atoms with Crippen molar-refractivity contribution in [3.05, 3.63) is 54.0 Å². The minimum Gasteiger partial charge on any atom is -0.496 e. The normalized spacial score (nSPS) is 19.6. The maximum Gasteiger partial charge on any atom is 0.259 e. The van der Waals surface area contributed by atoms with Crippen molar-refractivity contribution in [2.24, 2.45) is 16.9 Å². The van der Waals surface area contributed by atoms with Crippen LogP contribution in [0.15, 0.2) is 47.7 Å². The van der Waals surface area contributed by atoms with Crippen molar-refractivity contribution in [3.63, 3.8) is 0 Å². The Morgan fingerprint density at radius 1 is 1.21 bits per heavy atom. The van der Waals surface area contributed by atoms with Crippen molar-refractivity contribution in [1.29, 1.82) is 5.41 Å². The Balaban J connectivity index is 1.30. The Morgan fingerprint density at radius 2 is 1.97 bits per heavy atom. The number of likely N-dealkylation sites (tertiary alicyclic amines) is 1. The molecule has 0 radical (unpaired) electrons. The second-order valence-corrected chi connectivity index (χ2v) is 8.42. The number of nitrogens with zero attached hydrogens (tertiary/aromatic N) is 5. The number of benzene rings is 2. The van der Waals surface area contributed by atoms with Gasteiger partial charge in [0.1, 0.15) is 17.1 Å². The van der Waals surface area contributed by atoms with Gasteiger partial charge in [0, 0.05) is 50.4 Å². The van der Waals surface area contributed by atoms with Gasteiger partial charge in [0.25, 0.3) is 5.91 Å². The molecule has 34 heavy (non-hydrogen) atoms. The van der Waals surface area contributed by atoms with Crippen LogP contribution < -0.4 is 15.1 Å². The first kappa shape index (κ1) is 21.7. The molecule has 2 saturated heterocycles. The van der Waals surface area contributed by atoms with Crippen LogP contribution in [0.25, 0.3) is 10.9 Å². The number of hydrazone groups is 1. The van der Waals surface area contributed by atoms with Crippen molar-refractivity contribution in [2.75, 3.05) is 43.6 Å². The number of carbonyl (C=O) groups excluding carboxylic acids is 1. The SMILES string of the molecule is COc1cccc2nc(N3CC4CN(C(=O)c5c(F)cccc5N/N=C\C=N)CC4C3)ncc12. The van der Waals surface area contributed by atoms with Crippen molar-refractivity contribution in [3.8, 4) is 5.75 Å². The maximum atomic E-state index is 14.6. The van der Waals surface area contributed by atoms with Crippen LogP contribution >= 0.6 is 0 Å². The highest BCUT2D eigenvalue weighted by atomic mass is 19.1. The van der Waals surface area contributed by atoms with Gasteiger partial charge in [-0.3, -0.25) is 10.2 Å². The van der Waals surface area contributed by atoms with Gasteiger partial charge in [0.15, 0.2) is 0 Å². The molecule has 9 nitrogen and oxygen atoms in total. The van der Waals surface area contributed by atoms with E-state index in [-0.39, 0.29) is 29.0 Å². The second-order valence-electron chi connectivity index (χ2n) is 8.42. The first-order valence-electron chi connectivity index (χ1n) is 11.0. The number of aromatic nitrogens is 2. The van der Waals surface area contributed by atoms with E-state index in [0.717, 1.165) is 36.0 Å². The number of nitrogens with one attached hydrogen (secondary N) is 2. The molecule has 174 valence electrons. The van der Waals surface area contributed by atoms with E-state index < -0.39 is 5.82 Å². The minimum atomic E-state index is -0.598. The van der Waals surface area contributed by atoms with E-state index in [0.29, 0.717) is 19.0 Å². The summed E-state index contributed by atoms with van der Waals surface area (Å²) in [7, 11) is 1.63. The van der Waals surface area contributed by atoms with Crippen molar-refractivity contribution >= 4 is 40.9 Å². The fourth-order valence-electron chi connectivity index (χ4n) is 4.81. The monoisotopic (exact) mass is 461 g/mol. The summed E-state index contributed by atoms with van der Waals surface area (Å²) in [5.41, 5.74) is 3.73. The van der Waals surface area contributed by atoms with Crippen LogP contribution in [-0.2, 0) is 0 Å². The Labute approximate surface area is 195 Å². The molecule has 1 aromatic heterocycles. The van der Waals surface area contributed by atoms with Gasteiger partial charge in [-0.15, -0.1) is 0 Å². The van der Waals surface area contributed by atoms with Gasteiger partial charge in [-0.2, -0.15) is 5.10 Å². The molecule has 3 aromatic rings. The van der Waals surface area contributed by atoms with Crippen LogP contribution in [-0.4, -0.2) is 66.5 Å². The fraction of sp³-hybridized carbons (Fsp3) is 0.292. The van der Waals surface area contributed by atoms with E-state index in [4.69, 9.17) is 15.1 Å². The average molecular weight is 462 g/mol. The van der Waals surface area contributed by atoms with Crippen LogP contribution in [0.5, 0.6) is 5.75 Å². The molecule has 2 aromatic carbocycles. The maximum absolute atomic E-state index is 14.6. The second kappa shape index (κ2) is 9.05. The topological polar surface area (TPSA) is 107 Å². The highest BCUT2D eigenvalue weighted by Crippen LogP contribution is 2.35. The Morgan fingerprint density at radius 3 is 2.71 bits per heavy atom. The zero-order chi connectivity index (χ0) is 23.7. The zero-order valence-corrected chi connectivity index (χ0v) is 18.6. The minimum absolute atomic E-state index is 0.0340.